The Balaban J connectivity index is 2.35. The van der Waals surface area contributed by atoms with Crippen molar-refractivity contribution in [2.24, 2.45) is 0 Å². The molecule has 2 aromatic rings. The van der Waals surface area contributed by atoms with E-state index in [2.05, 4.69) is 0 Å². The molecule has 0 aliphatic heterocycles. The Kier molecular flexibility index (Phi) is 2.90. The fraction of sp³-hybridized carbons (Fsp3) is 0.412. The Labute approximate surface area is 143 Å². The van der Waals surface area contributed by atoms with Gasteiger partial charge < -0.3 is 14.0 Å². The van der Waals surface area contributed by atoms with Crippen molar-refractivity contribution in [2.45, 2.75) is 32.7 Å². The van der Waals surface area contributed by atoms with Crippen molar-refractivity contribution in [1.82, 2.24) is 4.57 Å². The van der Waals surface area contributed by atoms with Crippen molar-refractivity contribution in [3.8, 4) is 5.75 Å². The highest BCUT2D eigenvalue weighted by molar-refractivity contribution is 5.95. The monoisotopic (exact) mass is 342 g/mol. The van der Waals surface area contributed by atoms with Gasteiger partial charge in [0.25, 0.3) is 0 Å². The number of halogens is 2. The van der Waals surface area contributed by atoms with Crippen molar-refractivity contribution >= 4 is 16.9 Å². The summed E-state index contributed by atoms with van der Waals surface area (Å²) >= 11 is 0. The predicted octanol–water partition coefficient (Wildman–Crippen LogP) is 3.19. The number of esters is 1. The average molecular weight is 342 g/mol. The third-order valence-corrected chi connectivity index (χ3v) is 3.75. The van der Waals surface area contributed by atoms with Crippen molar-refractivity contribution in [2.75, 3.05) is 13.2 Å². The molecule has 0 spiro atoms. The zero-order valence-electron chi connectivity index (χ0n) is 17.7. The normalized spacial score (nSPS) is 18.2. The van der Waals surface area contributed by atoms with Gasteiger partial charge in [-0.05, 0) is 32.7 Å². The number of fused-ring (bicyclic) bond motifs is 1. The van der Waals surface area contributed by atoms with E-state index >= 15 is 0 Å². The smallest absolute Gasteiger partial charge is 0.343 e. The maximum Gasteiger partial charge on any atom is 0.343 e. The van der Waals surface area contributed by atoms with E-state index < -0.39 is 53.1 Å². The second-order valence-corrected chi connectivity index (χ2v) is 5.33. The van der Waals surface area contributed by atoms with E-state index in [1.54, 1.807) is 0 Å². The molecule has 0 N–H and O–H groups in total. The quantitative estimate of drug-likeness (QED) is 0.783. The summed E-state index contributed by atoms with van der Waals surface area (Å²) in [6, 6.07) is 0.295. The molecule has 0 unspecified atom stereocenters. The zero-order valence-corrected chi connectivity index (χ0v) is 12.7. The fourth-order valence-electron chi connectivity index (χ4n) is 2.57. The molecule has 0 atom stereocenters. The first kappa shape index (κ1) is 11.2. The first-order chi connectivity index (χ1) is 13.4. The molecule has 128 valence electrons. The number of ether oxygens (including phenoxy) is 2. The zero-order chi connectivity index (χ0) is 21.7. The number of aromatic nitrogens is 1. The van der Waals surface area contributed by atoms with Crippen LogP contribution in [0.2, 0.25) is 0 Å². The van der Waals surface area contributed by atoms with Crippen LogP contribution in [-0.4, -0.2) is 23.7 Å². The van der Waals surface area contributed by atoms with Crippen LogP contribution in [0.5, 0.6) is 5.75 Å². The van der Waals surface area contributed by atoms with Crippen LogP contribution < -0.4 is 10.2 Å². The number of rotatable bonds is 5. The summed E-state index contributed by atoms with van der Waals surface area (Å²) in [5, 5.41) is -0.447. The summed E-state index contributed by atoms with van der Waals surface area (Å²) in [4.78, 5) is 24.9. The van der Waals surface area contributed by atoms with Gasteiger partial charge in [0, 0.05) is 16.4 Å². The number of benzene rings is 1. The van der Waals surface area contributed by atoms with Crippen LogP contribution in [0, 0.1) is 11.6 Å². The molecule has 0 amide bonds. The number of nitrogens with zero attached hydrogens (tertiary/aromatic N) is 1. The van der Waals surface area contributed by atoms with Crippen LogP contribution in [0.3, 0.4) is 0 Å². The lowest BCUT2D eigenvalue weighted by molar-refractivity contribution is 0.0524. The van der Waals surface area contributed by atoms with Gasteiger partial charge in [-0.2, -0.15) is 4.39 Å². The van der Waals surface area contributed by atoms with E-state index in [1.807, 2.05) is 0 Å². The van der Waals surface area contributed by atoms with E-state index in [0.29, 0.717) is 18.9 Å². The third kappa shape index (κ3) is 2.64. The molecule has 0 saturated heterocycles. The minimum Gasteiger partial charge on any atom is -0.489 e. The fourth-order valence-corrected chi connectivity index (χ4v) is 2.57. The van der Waals surface area contributed by atoms with Crippen LogP contribution in [0.15, 0.2) is 17.1 Å². The Morgan fingerprint density at radius 1 is 1.50 bits per heavy atom. The summed E-state index contributed by atoms with van der Waals surface area (Å²) in [7, 11) is 0. The van der Waals surface area contributed by atoms with Gasteiger partial charge in [0.15, 0.2) is 11.6 Å². The SMILES string of the molecule is [2H]C([2H])([2H])C([2H])([2H])Oc1c(F)c(F)cc2c(=O)c(C(=O)OCC)cn(C3CC3)c12. The molecule has 1 aromatic heterocycles. The van der Waals surface area contributed by atoms with Crippen molar-refractivity contribution in [1.29, 1.82) is 0 Å². The molecular formula is C17H17F2NO4. The summed E-state index contributed by atoms with van der Waals surface area (Å²) in [5.74, 6) is -5.17. The number of hydrogen-bond donors (Lipinski definition) is 0. The third-order valence-electron chi connectivity index (χ3n) is 3.75. The van der Waals surface area contributed by atoms with Gasteiger partial charge in [-0.25, -0.2) is 9.18 Å². The molecular weight excluding hydrogens is 320 g/mol. The van der Waals surface area contributed by atoms with Crippen LogP contribution >= 0.6 is 0 Å². The highest BCUT2D eigenvalue weighted by Crippen LogP contribution is 2.40. The van der Waals surface area contributed by atoms with Crippen molar-refractivity contribution < 1.29 is 29.9 Å². The van der Waals surface area contributed by atoms with Crippen LogP contribution in [-0.2, 0) is 4.74 Å². The highest BCUT2D eigenvalue weighted by atomic mass is 19.2. The van der Waals surface area contributed by atoms with Gasteiger partial charge in [0.2, 0.25) is 11.2 Å². The second-order valence-electron chi connectivity index (χ2n) is 5.33. The van der Waals surface area contributed by atoms with Gasteiger partial charge >= 0.3 is 5.97 Å². The number of carbonyl (C=O) groups is 1. The Bertz CT molecular complexity index is 1050. The summed E-state index contributed by atoms with van der Waals surface area (Å²) in [6.45, 7) is -5.15. The summed E-state index contributed by atoms with van der Waals surface area (Å²) in [6.07, 6.45) is 2.32. The summed E-state index contributed by atoms with van der Waals surface area (Å²) in [5.41, 5.74) is -1.69. The lowest BCUT2D eigenvalue weighted by Gasteiger charge is -2.16. The Morgan fingerprint density at radius 2 is 2.25 bits per heavy atom. The molecule has 7 heteroatoms. The second kappa shape index (κ2) is 6.22. The Morgan fingerprint density at radius 3 is 2.88 bits per heavy atom. The lowest BCUT2D eigenvalue weighted by atomic mass is 10.1. The largest absolute Gasteiger partial charge is 0.489 e. The summed E-state index contributed by atoms with van der Waals surface area (Å²) < 4.78 is 76.6. The van der Waals surface area contributed by atoms with Crippen molar-refractivity contribution in [3.05, 3.63) is 39.7 Å². The molecule has 1 fully saturated rings. The molecule has 1 aliphatic rings. The van der Waals surface area contributed by atoms with Gasteiger partial charge in [0.1, 0.15) is 5.56 Å². The predicted molar refractivity (Wildman–Crippen MR) is 83.5 cm³/mol. The number of carbonyl (C=O) groups excluding carboxylic acids is 1. The molecule has 1 aliphatic carbocycles. The number of pyridine rings is 1. The van der Waals surface area contributed by atoms with E-state index in [9.17, 15) is 18.4 Å². The minimum absolute atomic E-state index is 0.00926. The Hall–Kier alpha value is -2.44. The van der Waals surface area contributed by atoms with E-state index in [1.165, 1.54) is 11.5 Å². The maximum atomic E-state index is 14.6. The maximum absolute atomic E-state index is 14.6. The highest BCUT2D eigenvalue weighted by Gasteiger charge is 2.30. The molecule has 3 rings (SSSR count). The first-order valence-corrected chi connectivity index (χ1v) is 7.32. The van der Waals surface area contributed by atoms with Crippen LogP contribution in [0.25, 0.3) is 10.9 Å². The minimum atomic E-state index is -3.36. The molecule has 0 bridgehead atoms. The topological polar surface area (TPSA) is 57.5 Å². The molecule has 1 aromatic carbocycles. The average Bonchev–Trinajstić information content (AvgIpc) is 3.44. The molecule has 1 saturated carbocycles. The van der Waals surface area contributed by atoms with Gasteiger partial charge in [-0.1, -0.05) is 0 Å². The number of hydrogen-bond acceptors (Lipinski definition) is 4. The van der Waals surface area contributed by atoms with Crippen LogP contribution in [0.1, 0.15) is 49.9 Å². The standard InChI is InChI=1S/C17H17F2NO4/c1-3-23-16-13(19)12(18)7-10-14(16)20(9-5-6-9)8-11(15(10)21)17(22)24-4-2/h7-9H,3-6H2,1-2H3/i1D3,3D2. The van der Waals surface area contributed by atoms with Crippen molar-refractivity contribution in [3.63, 3.8) is 0 Å². The molecule has 1 heterocycles. The molecule has 0 radical (unpaired) electrons. The van der Waals surface area contributed by atoms with Gasteiger partial charge in [-0.3, -0.25) is 4.79 Å². The van der Waals surface area contributed by atoms with E-state index in [0.717, 1.165) is 6.20 Å². The van der Waals surface area contributed by atoms with Crippen LogP contribution in [0.4, 0.5) is 8.78 Å². The lowest BCUT2D eigenvalue weighted by Crippen LogP contribution is -2.21. The molecule has 5 nitrogen and oxygen atoms in total. The van der Waals surface area contributed by atoms with E-state index in [4.69, 9.17) is 16.3 Å². The molecule has 24 heavy (non-hydrogen) atoms. The van der Waals surface area contributed by atoms with E-state index in [-0.39, 0.29) is 18.2 Å². The first-order valence-electron chi connectivity index (χ1n) is 9.82. The van der Waals surface area contributed by atoms with Gasteiger partial charge in [0.05, 0.1) is 26.8 Å². The van der Waals surface area contributed by atoms with Gasteiger partial charge in [-0.15, -0.1) is 0 Å².